The van der Waals surface area contributed by atoms with Crippen LogP contribution in [0.1, 0.15) is 36.0 Å². The Balaban J connectivity index is 1.81. The van der Waals surface area contributed by atoms with E-state index in [0.29, 0.717) is 31.1 Å². The first kappa shape index (κ1) is 23.3. The predicted molar refractivity (Wildman–Crippen MR) is 133 cm³/mol. The van der Waals surface area contributed by atoms with Crippen molar-refractivity contribution >= 4 is 22.2 Å². The second-order valence-electron chi connectivity index (χ2n) is 8.74. The average Bonchev–Trinajstić information content (AvgIpc) is 2.76. The fraction of sp³-hybridized carbons (Fsp3) is 0.360. The highest BCUT2D eigenvalue weighted by Gasteiger charge is 2.18. The van der Waals surface area contributed by atoms with Gasteiger partial charge in [-0.2, -0.15) is 0 Å². The Bertz CT molecular complexity index is 1200. The maximum atomic E-state index is 14.1. The Morgan fingerprint density at radius 1 is 1.09 bits per heavy atom. The number of rotatable bonds is 1. The molecular weight excluding hydrogens is 437 g/mol. The van der Waals surface area contributed by atoms with Gasteiger partial charge >= 0.3 is 0 Å². The molecule has 6 nitrogen and oxygen atoms in total. The number of halogens is 1. The molecular formula is C25H30FN5OS. The van der Waals surface area contributed by atoms with Crippen LogP contribution in [0.5, 0.6) is 5.75 Å². The number of aromatic nitrogens is 2. The molecule has 4 rings (SSSR count). The van der Waals surface area contributed by atoms with Crippen LogP contribution < -0.4 is 10.5 Å². The van der Waals surface area contributed by atoms with Gasteiger partial charge in [-0.25, -0.2) is 8.75 Å². The number of nitrogen functional groups attached to an aromatic ring is 1. The topological polar surface area (TPSA) is 76.6 Å². The molecule has 0 fully saturated rings. The van der Waals surface area contributed by atoms with Crippen LogP contribution in [-0.2, 0) is 23.8 Å². The largest absolute Gasteiger partial charge is 0.490 e. The zero-order valence-electron chi connectivity index (χ0n) is 19.5. The number of benzene rings is 2. The summed E-state index contributed by atoms with van der Waals surface area (Å²) in [6.07, 6.45) is 4.89. The minimum absolute atomic E-state index is 0.0834. The van der Waals surface area contributed by atoms with E-state index in [1.165, 1.54) is 6.07 Å². The van der Waals surface area contributed by atoms with Gasteiger partial charge in [0.1, 0.15) is 5.82 Å². The fourth-order valence-corrected chi connectivity index (χ4v) is 4.68. The number of ether oxygens (including phenoxy) is 1. The van der Waals surface area contributed by atoms with Crippen molar-refractivity contribution in [2.45, 2.75) is 32.4 Å². The number of anilines is 1. The summed E-state index contributed by atoms with van der Waals surface area (Å²) in [5, 5.41) is 8.53. The molecule has 2 aromatic carbocycles. The standard InChI is InChI=1S/C25H30FN5OS/c1-16-9-10-32-24-13-23(28-29-25(24)27)22-12-20(30-33(3)4)8-6-18(22)15-31(2)14-17-5-7-19(26)11-21(16)17/h5-8,11-13,16H,9-10,14-15H2,1-4H3,(H2,27,29). The monoisotopic (exact) mass is 467 g/mol. The van der Waals surface area contributed by atoms with Crippen molar-refractivity contribution in [3.05, 3.63) is 65.0 Å². The van der Waals surface area contributed by atoms with Crippen LogP contribution in [0.25, 0.3) is 11.3 Å². The van der Waals surface area contributed by atoms with Crippen LogP contribution >= 0.6 is 0 Å². The van der Waals surface area contributed by atoms with E-state index in [1.54, 1.807) is 6.07 Å². The van der Waals surface area contributed by atoms with E-state index in [9.17, 15) is 4.39 Å². The second kappa shape index (κ2) is 9.97. The summed E-state index contributed by atoms with van der Waals surface area (Å²) in [6, 6.07) is 13.1. The van der Waals surface area contributed by atoms with Crippen molar-refractivity contribution in [1.29, 1.82) is 0 Å². The summed E-state index contributed by atoms with van der Waals surface area (Å²) < 4.78 is 24.8. The molecule has 0 spiro atoms. The van der Waals surface area contributed by atoms with E-state index in [0.717, 1.165) is 34.4 Å². The minimum Gasteiger partial charge on any atom is -0.490 e. The van der Waals surface area contributed by atoms with E-state index in [2.05, 4.69) is 53.7 Å². The molecule has 0 saturated carbocycles. The molecule has 1 aliphatic heterocycles. The Labute approximate surface area is 197 Å². The van der Waals surface area contributed by atoms with Crippen LogP contribution in [0.15, 0.2) is 46.8 Å². The summed E-state index contributed by atoms with van der Waals surface area (Å²) >= 11 is 0. The lowest BCUT2D eigenvalue weighted by Crippen LogP contribution is -2.20. The highest BCUT2D eigenvalue weighted by Crippen LogP contribution is 2.33. The van der Waals surface area contributed by atoms with Crippen molar-refractivity contribution in [2.75, 3.05) is 31.9 Å². The Kier molecular flexibility index (Phi) is 7.05. The molecule has 3 aromatic rings. The molecule has 1 aliphatic rings. The van der Waals surface area contributed by atoms with Crippen molar-refractivity contribution in [3.63, 3.8) is 0 Å². The molecule has 1 atom stereocenters. The van der Waals surface area contributed by atoms with E-state index in [-0.39, 0.29) is 28.2 Å². The third-order valence-corrected chi connectivity index (χ3v) is 6.35. The first-order valence-corrected chi connectivity index (χ1v) is 13.0. The Morgan fingerprint density at radius 2 is 1.85 bits per heavy atom. The number of hydrogen-bond donors (Lipinski definition) is 1. The fourth-order valence-electron chi connectivity index (χ4n) is 4.15. The number of fused-ring (bicyclic) bond motifs is 5. The maximum Gasteiger partial charge on any atom is 0.188 e. The van der Waals surface area contributed by atoms with Crippen molar-refractivity contribution < 1.29 is 9.13 Å². The van der Waals surface area contributed by atoms with E-state index < -0.39 is 0 Å². The minimum atomic E-state index is -0.218. The summed E-state index contributed by atoms with van der Waals surface area (Å²) in [6.45, 7) is 3.94. The van der Waals surface area contributed by atoms with Crippen LogP contribution in [-0.4, -0.2) is 41.3 Å². The van der Waals surface area contributed by atoms with Gasteiger partial charge in [0.15, 0.2) is 11.6 Å². The molecule has 2 N–H and O–H groups in total. The average molecular weight is 468 g/mol. The summed E-state index contributed by atoms with van der Waals surface area (Å²) in [4.78, 5) is 2.23. The lowest BCUT2D eigenvalue weighted by molar-refractivity contribution is 0.297. The third kappa shape index (κ3) is 5.57. The van der Waals surface area contributed by atoms with Gasteiger partial charge in [-0.1, -0.05) is 19.1 Å². The molecule has 1 aromatic heterocycles. The van der Waals surface area contributed by atoms with Gasteiger partial charge in [0.2, 0.25) is 0 Å². The molecule has 2 bridgehead atoms. The van der Waals surface area contributed by atoms with E-state index >= 15 is 0 Å². The highest BCUT2D eigenvalue weighted by atomic mass is 32.2. The zero-order valence-corrected chi connectivity index (χ0v) is 20.3. The summed E-state index contributed by atoms with van der Waals surface area (Å²) in [5.74, 6) is 0.685. The zero-order chi connectivity index (χ0) is 23.5. The smallest absolute Gasteiger partial charge is 0.188 e. The van der Waals surface area contributed by atoms with Crippen molar-refractivity contribution in [3.8, 4) is 17.0 Å². The quantitative estimate of drug-likeness (QED) is 0.540. The summed E-state index contributed by atoms with van der Waals surface area (Å²) in [7, 11) is 1.99. The lowest BCUT2D eigenvalue weighted by Gasteiger charge is -2.24. The van der Waals surface area contributed by atoms with Crippen LogP contribution in [0.2, 0.25) is 0 Å². The predicted octanol–water partition coefficient (Wildman–Crippen LogP) is 5.08. The molecule has 2 heterocycles. The lowest BCUT2D eigenvalue weighted by atomic mass is 9.92. The third-order valence-electron chi connectivity index (χ3n) is 5.77. The van der Waals surface area contributed by atoms with Gasteiger partial charge in [0.25, 0.3) is 0 Å². The van der Waals surface area contributed by atoms with Crippen LogP contribution in [0.3, 0.4) is 0 Å². The Morgan fingerprint density at radius 3 is 2.64 bits per heavy atom. The first-order chi connectivity index (χ1) is 15.8. The van der Waals surface area contributed by atoms with Crippen LogP contribution in [0.4, 0.5) is 15.9 Å². The molecule has 0 radical (unpaired) electrons. The van der Waals surface area contributed by atoms with E-state index in [1.807, 2.05) is 18.2 Å². The SMILES string of the molecule is CC1CCOc2cc(nnc2N)-c2cc(N=S(C)C)ccc2CN(C)Cc2ccc(F)cc21. The van der Waals surface area contributed by atoms with Crippen molar-refractivity contribution in [1.82, 2.24) is 15.1 Å². The van der Waals surface area contributed by atoms with Gasteiger partial charge < -0.3 is 10.5 Å². The maximum absolute atomic E-state index is 14.1. The first-order valence-electron chi connectivity index (χ1n) is 11.0. The molecule has 0 saturated heterocycles. The Hall–Kier alpha value is -2.84. The number of nitrogens with zero attached hydrogens (tertiary/aromatic N) is 4. The molecule has 1 unspecified atom stereocenters. The number of nitrogens with two attached hydrogens (primary N) is 1. The van der Waals surface area contributed by atoms with Gasteiger partial charge in [-0.3, -0.25) is 4.90 Å². The van der Waals surface area contributed by atoms with Gasteiger partial charge in [0, 0.05) is 24.7 Å². The summed E-state index contributed by atoms with van der Waals surface area (Å²) in [5.41, 5.74) is 11.9. The van der Waals surface area contributed by atoms with E-state index in [4.69, 9.17) is 14.8 Å². The highest BCUT2D eigenvalue weighted by molar-refractivity contribution is 7.85. The molecule has 0 aliphatic carbocycles. The molecule has 8 heteroatoms. The molecule has 174 valence electrons. The van der Waals surface area contributed by atoms with Gasteiger partial charge in [-0.05, 0) is 72.9 Å². The van der Waals surface area contributed by atoms with Gasteiger partial charge in [0.05, 0.1) is 18.0 Å². The van der Waals surface area contributed by atoms with Crippen LogP contribution in [0, 0.1) is 5.82 Å². The molecule has 33 heavy (non-hydrogen) atoms. The van der Waals surface area contributed by atoms with Gasteiger partial charge in [-0.15, -0.1) is 20.9 Å². The molecule has 0 amide bonds. The normalized spacial score (nSPS) is 17.0. The van der Waals surface area contributed by atoms with Crippen molar-refractivity contribution in [2.24, 2.45) is 4.36 Å². The second-order valence-corrected chi connectivity index (χ2v) is 10.5. The number of hydrogen-bond acceptors (Lipinski definition) is 6.